The second-order valence-corrected chi connectivity index (χ2v) is 10.9. The maximum atomic E-state index is 14.8. The van der Waals surface area contributed by atoms with Gasteiger partial charge in [-0.3, -0.25) is 14.6 Å². The van der Waals surface area contributed by atoms with Crippen LogP contribution in [-0.4, -0.2) is 53.3 Å². The van der Waals surface area contributed by atoms with Crippen LogP contribution in [0.25, 0.3) is 0 Å². The molecule has 3 aromatic rings. The first kappa shape index (κ1) is 29.9. The quantitative estimate of drug-likeness (QED) is 0.328. The van der Waals surface area contributed by atoms with Crippen molar-refractivity contribution in [3.8, 4) is 6.07 Å². The summed E-state index contributed by atoms with van der Waals surface area (Å²) in [5.41, 5.74) is 4.77. The monoisotopic (exact) mass is 555 g/mol. The van der Waals surface area contributed by atoms with Crippen molar-refractivity contribution in [2.24, 2.45) is 0 Å². The molecule has 0 bridgehead atoms. The summed E-state index contributed by atoms with van der Waals surface area (Å²) in [6.07, 6.45) is 4.32. The molecule has 8 heteroatoms. The molecule has 2 heterocycles. The average Bonchev–Trinajstić information content (AvgIpc) is 2.97. The molecule has 1 fully saturated rings. The van der Waals surface area contributed by atoms with E-state index in [-0.39, 0.29) is 23.5 Å². The Bertz CT molecular complexity index is 1400. The molecule has 41 heavy (non-hydrogen) atoms. The fraction of sp³-hybridized carbons (Fsp3) is 0.394. The van der Waals surface area contributed by atoms with Crippen LogP contribution in [0.3, 0.4) is 0 Å². The van der Waals surface area contributed by atoms with E-state index < -0.39 is 0 Å². The van der Waals surface area contributed by atoms with Crippen LogP contribution in [0.1, 0.15) is 76.2 Å². The SMILES string of the molecule is CC(=O)c1ccc(N(Cc2cc(C#N)ccc2F)C2CCN(C(C)CCNC(=O)c3c(C)ccnc3C)CC2)cc1. The highest BCUT2D eigenvalue weighted by Gasteiger charge is 2.28. The summed E-state index contributed by atoms with van der Waals surface area (Å²) in [5.74, 6) is -0.419. The maximum Gasteiger partial charge on any atom is 0.253 e. The Morgan fingerprint density at radius 3 is 2.49 bits per heavy atom. The predicted octanol–water partition coefficient (Wildman–Crippen LogP) is 5.59. The molecule has 1 atom stereocenters. The Balaban J connectivity index is 1.40. The number of amides is 1. The molecule has 0 radical (unpaired) electrons. The van der Waals surface area contributed by atoms with Crippen LogP contribution in [0.15, 0.2) is 54.7 Å². The first-order valence-corrected chi connectivity index (χ1v) is 14.2. The van der Waals surface area contributed by atoms with Gasteiger partial charge in [0, 0.05) is 61.3 Å². The van der Waals surface area contributed by atoms with Crippen LogP contribution < -0.4 is 10.2 Å². The molecule has 214 valence electrons. The highest BCUT2D eigenvalue weighted by Crippen LogP contribution is 2.28. The largest absolute Gasteiger partial charge is 0.364 e. The van der Waals surface area contributed by atoms with E-state index in [0.29, 0.717) is 41.4 Å². The lowest BCUT2D eigenvalue weighted by atomic mass is 9.98. The number of hydrogen-bond donors (Lipinski definition) is 1. The lowest BCUT2D eigenvalue weighted by Gasteiger charge is -2.42. The molecule has 1 aliphatic rings. The lowest BCUT2D eigenvalue weighted by molar-refractivity contribution is 0.0942. The molecule has 1 saturated heterocycles. The van der Waals surface area contributed by atoms with E-state index in [1.54, 1.807) is 19.2 Å². The number of nitrogens with one attached hydrogen (secondary N) is 1. The van der Waals surface area contributed by atoms with Crippen LogP contribution in [-0.2, 0) is 6.54 Å². The number of nitriles is 1. The third-order valence-electron chi connectivity index (χ3n) is 8.11. The van der Waals surface area contributed by atoms with Crippen molar-refractivity contribution in [2.45, 2.75) is 65.6 Å². The number of likely N-dealkylation sites (tertiary alicyclic amines) is 1. The molecule has 0 aliphatic carbocycles. The zero-order valence-corrected chi connectivity index (χ0v) is 24.3. The molecular formula is C33H38FN5O2. The summed E-state index contributed by atoms with van der Waals surface area (Å²) < 4.78 is 14.8. The molecule has 0 saturated carbocycles. The number of ketones is 1. The van der Waals surface area contributed by atoms with Crippen LogP contribution in [0, 0.1) is 31.0 Å². The normalized spacial score (nSPS) is 14.7. The van der Waals surface area contributed by atoms with Gasteiger partial charge in [0.2, 0.25) is 0 Å². The second kappa shape index (κ2) is 13.5. The standard InChI is InChI=1S/C33H38FN5O2/c1-22-11-15-36-24(3)32(22)33(41)37-16-12-23(2)38-17-13-30(14-18-38)39(29-8-6-27(7-9-29)25(4)40)21-28-19-26(20-35)5-10-31(28)34/h5-11,15,19,23,30H,12-14,16-18,21H2,1-4H3,(H,37,41). The van der Waals surface area contributed by atoms with Gasteiger partial charge in [-0.2, -0.15) is 5.26 Å². The Morgan fingerprint density at radius 2 is 1.85 bits per heavy atom. The van der Waals surface area contributed by atoms with Crippen LogP contribution in [0.5, 0.6) is 0 Å². The van der Waals surface area contributed by atoms with Gasteiger partial charge in [0.05, 0.1) is 22.9 Å². The minimum absolute atomic E-state index is 0.0000515. The topological polar surface area (TPSA) is 89.3 Å². The number of carbonyl (C=O) groups excluding carboxylic acids is 2. The van der Waals surface area contributed by atoms with Gasteiger partial charge in [-0.1, -0.05) is 0 Å². The fourth-order valence-electron chi connectivity index (χ4n) is 5.61. The molecule has 4 rings (SSSR count). The van der Waals surface area contributed by atoms with Crippen molar-refractivity contribution < 1.29 is 14.0 Å². The van der Waals surface area contributed by atoms with Crippen LogP contribution >= 0.6 is 0 Å². The van der Waals surface area contributed by atoms with Crippen LogP contribution in [0.4, 0.5) is 10.1 Å². The molecular weight excluding hydrogens is 517 g/mol. The Hall–Kier alpha value is -4.09. The molecule has 1 unspecified atom stereocenters. The number of piperidine rings is 1. The number of aryl methyl sites for hydroxylation is 2. The van der Waals surface area contributed by atoms with E-state index in [1.807, 2.05) is 44.2 Å². The molecule has 1 N–H and O–H groups in total. The van der Waals surface area contributed by atoms with E-state index in [1.165, 1.54) is 12.1 Å². The van der Waals surface area contributed by atoms with Crippen molar-refractivity contribution in [3.63, 3.8) is 0 Å². The zero-order valence-electron chi connectivity index (χ0n) is 24.3. The number of benzene rings is 2. The van der Waals surface area contributed by atoms with Crippen molar-refractivity contribution in [1.82, 2.24) is 15.2 Å². The minimum Gasteiger partial charge on any atom is -0.364 e. The summed E-state index contributed by atoms with van der Waals surface area (Å²) >= 11 is 0. The number of hydrogen-bond acceptors (Lipinski definition) is 6. The average molecular weight is 556 g/mol. The van der Waals surface area contributed by atoms with Gasteiger partial charge in [0.15, 0.2) is 5.78 Å². The van der Waals surface area contributed by atoms with Crippen molar-refractivity contribution in [2.75, 3.05) is 24.5 Å². The van der Waals surface area contributed by atoms with Gasteiger partial charge >= 0.3 is 0 Å². The van der Waals surface area contributed by atoms with Gasteiger partial charge in [-0.15, -0.1) is 0 Å². The summed E-state index contributed by atoms with van der Waals surface area (Å²) in [6, 6.07) is 16.3. The minimum atomic E-state index is -0.334. The van der Waals surface area contributed by atoms with E-state index >= 15 is 0 Å². The number of pyridine rings is 1. The summed E-state index contributed by atoms with van der Waals surface area (Å²) in [4.78, 5) is 33.4. The molecule has 1 aromatic heterocycles. The smallest absolute Gasteiger partial charge is 0.253 e. The van der Waals surface area contributed by atoms with E-state index in [9.17, 15) is 19.2 Å². The number of Topliss-reactive ketones (excluding diaryl/α,β-unsaturated/α-hetero) is 1. The number of anilines is 1. The van der Waals surface area contributed by atoms with Crippen LogP contribution in [0.2, 0.25) is 0 Å². The lowest BCUT2D eigenvalue weighted by Crippen LogP contribution is -2.48. The Labute approximate surface area is 242 Å². The predicted molar refractivity (Wildman–Crippen MR) is 158 cm³/mol. The van der Waals surface area contributed by atoms with Gasteiger partial charge in [-0.05, 0) is 101 Å². The highest BCUT2D eigenvalue weighted by atomic mass is 19.1. The summed E-state index contributed by atoms with van der Waals surface area (Å²) in [7, 11) is 0. The fourth-order valence-corrected chi connectivity index (χ4v) is 5.61. The third kappa shape index (κ3) is 7.36. The molecule has 2 aromatic carbocycles. The Morgan fingerprint density at radius 1 is 1.15 bits per heavy atom. The van der Waals surface area contributed by atoms with E-state index in [2.05, 4.69) is 33.1 Å². The number of rotatable bonds is 10. The van der Waals surface area contributed by atoms with E-state index in [4.69, 9.17) is 0 Å². The van der Waals surface area contributed by atoms with Crippen molar-refractivity contribution in [3.05, 3.63) is 94.1 Å². The third-order valence-corrected chi connectivity index (χ3v) is 8.11. The second-order valence-electron chi connectivity index (χ2n) is 10.9. The van der Waals surface area contributed by atoms with Gasteiger partial charge in [0.1, 0.15) is 5.82 Å². The number of nitrogens with zero attached hydrogens (tertiary/aromatic N) is 4. The van der Waals surface area contributed by atoms with Crippen molar-refractivity contribution >= 4 is 17.4 Å². The first-order valence-electron chi connectivity index (χ1n) is 14.2. The van der Waals surface area contributed by atoms with Gasteiger partial charge < -0.3 is 15.1 Å². The molecule has 0 spiro atoms. The molecule has 7 nitrogen and oxygen atoms in total. The summed E-state index contributed by atoms with van der Waals surface area (Å²) in [6.45, 7) is 10.2. The first-order chi connectivity index (χ1) is 19.7. The molecule has 1 aliphatic heterocycles. The van der Waals surface area contributed by atoms with Crippen molar-refractivity contribution in [1.29, 1.82) is 5.26 Å². The number of halogens is 1. The number of aromatic nitrogens is 1. The molecule has 1 amide bonds. The summed E-state index contributed by atoms with van der Waals surface area (Å²) in [5, 5.41) is 12.4. The van der Waals surface area contributed by atoms with Gasteiger partial charge in [0.25, 0.3) is 5.91 Å². The Kier molecular flexibility index (Phi) is 9.85. The van der Waals surface area contributed by atoms with Gasteiger partial charge in [-0.25, -0.2) is 4.39 Å². The zero-order chi connectivity index (χ0) is 29.5. The maximum absolute atomic E-state index is 14.8. The highest BCUT2D eigenvalue weighted by molar-refractivity contribution is 5.96. The van der Waals surface area contributed by atoms with E-state index in [0.717, 1.165) is 49.3 Å². The number of carbonyl (C=O) groups is 2.